The van der Waals surface area contributed by atoms with Gasteiger partial charge in [0.1, 0.15) is 5.82 Å². The van der Waals surface area contributed by atoms with Crippen LogP contribution < -0.4 is 5.32 Å². The average Bonchev–Trinajstić information content (AvgIpc) is 3.07. The quantitative estimate of drug-likeness (QED) is 0.563. The van der Waals surface area contributed by atoms with Gasteiger partial charge in [-0.05, 0) is 99.7 Å². The van der Waals surface area contributed by atoms with E-state index in [0.29, 0.717) is 6.42 Å². The van der Waals surface area contributed by atoms with Crippen molar-refractivity contribution in [3.05, 3.63) is 47.2 Å². The van der Waals surface area contributed by atoms with Gasteiger partial charge in [-0.1, -0.05) is 18.2 Å². The van der Waals surface area contributed by atoms with E-state index < -0.39 is 0 Å². The van der Waals surface area contributed by atoms with Gasteiger partial charge in [-0.25, -0.2) is 4.98 Å². The van der Waals surface area contributed by atoms with Gasteiger partial charge in [0.2, 0.25) is 5.91 Å². The molecule has 4 aliphatic carbocycles. The molecule has 0 spiro atoms. The molecule has 5 heteroatoms. The van der Waals surface area contributed by atoms with Crippen LogP contribution in [0.4, 0.5) is 5.82 Å². The van der Waals surface area contributed by atoms with Crippen molar-refractivity contribution < 1.29 is 4.79 Å². The number of amides is 1. The number of hydrogen-bond acceptors (Lipinski definition) is 3. The van der Waals surface area contributed by atoms with Crippen LogP contribution in [-0.4, -0.2) is 20.7 Å². The third kappa shape index (κ3) is 3.33. The molecule has 0 saturated heterocycles. The summed E-state index contributed by atoms with van der Waals surface area (Å²) in [5, 5.41) is 9.04. The number of fused-ring (bicyclic) bond motifs is 1. The third-order valence-corrected chi connectivity index (χ3v) is 8.25. The van der Waals surface area contributed by atoms with Crippen molar-refractivity contribution in [1.82, 2.24) is 14.8 Å². The maximum absolute atomic E-state index is 13.3. The fraction of sp³-hybridized carbons (Fsp3) is 0.519. The number of pyridine rings is 1. The topological polar surface area (TPSA) is 59.8 Å². The molecular weight excluding hydrogens is 396 g/mol. The van der Waals surface area contributed by atoms with E-state index in [4.69, 9.17) is 4.98 Å². The van der Waals surface area contributed by atoms with Crippen LogP contribution in [0.5, 0.6) is 0 Å². The minimum Gasteiger partial charge on any atom is -0.311 e. The van der Waals surface area contributed by atoms with E-state index in [1.54, 1.807) is 4.68 Å². The van der Waals surface area contributed by atoms with Gasteiger partial charge in [-0.2, -0.15) is 9.78 Å². The molecule has 5 nitrogen and oxygen atoms in total. The van der Waals surface area contributed by atoms with E-state index in [1.807, 2.05) is 13.0 Å². The number of carbonyl (C=O) groups excluding carboxylic acids is 1. The van der Waals surface area contributed by atoms with Crippen LogP contribution in [0.1, 0.15) is 61.8 Å². The largest absolute Gasteiger partial charge is 0.311 e. The van der Waals surface area contributed by atoms with Crippen molar-refractivity contribution in [2.75, 3.05) is 5.32 Å². The van der Waals surface area contributed by atoms with E-state index in [9.17, 15) is 4.79 Å². The molecule has 166 valence electrons. The zero-order valence-corrected chi connectivity index (χ0v) is 19.3. The smallest absolute Gasteiger partial charge is 0.226 e. The molecule has 0 unspecified atom stereocenters. The molecule has 4 bridgehead atoms. The molecule has 0 radical (unpaired) electrons. The highest BCUT2D eigenvalue weighted by molar-refractivity contribution is 5.91. The van der Waals surface area contributed by atoms with Crippen molar-refractivity contribution in [1.29, 1.82) is 0 Å². The second-order valence-electron chi connectivity index (χ2n) is 11.0. The number of anilines is 1. The van der Waals surface area contributed by atoms with Crippen LogP contribution in [0.3, 0.4) is 0 Å². The zero-order chi connectivity index (χ0) is 22.0. The van der Waals surface area contributed by atoms with E-state index in [0.717, 1.165) is 57.1 Å². The molecule has 1 N–H and O–H groups in total. The first-order valence-corrected chi connectivity index (χ1v) is 12.1. The summed E-state index contributed by atoms with van der Waals surface area (Å²) in [6.07, 6.45) is 8.59. The highest BCUT2D eigenvalue weighted by Crippen LogP contribution is 2.61. The molecule has 4 aliphatic rings. The van der Waals surface area contributed by atoms with Crippen LogP contribution in [0, 0.1) is 43.9 Å². The summed E-state index contributed by atoms with van der Waals surface area (Å²) in [7, 11) is 0. The Balaban J connectivity index is 1.28. The molecule has 0 aliphatic heterocycles. The first-order valence-electron chi connectivity index (χ1n) is 12.1. The van der Waals surface area contributed by atoms with Crippen molar-refractivity contribution in [2.45, 2.75) is 65.7 Å². The second kappa shape index (κ2) is 7.16. The molecule has 1 aromatic carbocycles. The standard InChI is InChI=1S/C27H32N4O/c1-16-5-4-6-22-17(2)7-23(29-26(16)22)31-24(8-18(3)30-31)28-25(32)15-27-12-19-9-20(13-27)11-21(10-19)14-27/h4-8,19-21H,9-15H2,1-3H3,(H,28,32). The van der Waals surface area contributed by atoms with Crippen molar-refractivity contribution in [3.8, 4) is 5.82 Å². The Morgan fingerprint density at radius 2 is 1.72 bits per heavy atom. The van der Waals surface area contributed by atoms with Crippen LogP contribution in [-0.2, 0) is 4.79 Å². The lowest BCUT2D eigenvalue weighted by atomic mass is 9.49. The number of para-hydroxylation sites is 1. The van der Waals surface area contributed by atoms with Gasteiger partial charge in [0, 0.05) is 17.9 Å². The first kappa shape index (κ1) is 20.0. The number of rotatable bonds is 4. The average molecular weight is 429 g/mol. The molecule has 2 aromatic heterocycles. The summed E-state index contributed by atoms with van der Waals surface area (Å²) >= 11 is 0. The number of aromatic nitrogens is 3. The lowest BCUT2D eigenvalue weighted by Gasteiger charge is -2.56. The van der Waals surface area contributed by atoms with Crippen LogP contribution in [0.2, 0.25) is 0 Å². The predicted octanol–water partition coefficient (Wildman–Crippen LogP) is 5.89. The lowest BCUT2D eigenvalue weighted by Crippen LogP contribution is -2.47. The summed E-state index contributed by atoms with van der Waals surface area (Å²) in [6, 6.07) is 10.3. The number of hydrogen-bond donors (Lipinski definition) is 1. The number of carbonyl (C=O) groups is 1. The highest BCUT2D eigenvalue weighted by Gasteiger charge is 2.51. The number of aryl methyl sites for hydroxylation is 3. The molecule has 32 heavy (non-hydrogen) atoms. The molecule has 7 rings (SSSR count). The summed E-state index contributed by atoms with van der Waals surface area (Å²) in [4.78, 5) is 18.2. The minimum absolute atomic E-state index is 0.127. The first-order chi connectivity index (χ1) is 15.4. The number of nitrogens with one attached hydrogen (secondary N) is 1. The normalized spacial score (nSPS) is 28.4. The lowest BCUT2D eigenvalue weighted by molar-refractivity contribution is -0.124. The maximum Gasteiger partial charge on any atom is 0.226 e. The molecule has 4 saturated carbocycles. The molecule has 2 heterocycles. The highest BCUT2D eigenvalue weighted by atomic mass is 16.1. The Labute approximate surface area is 189 Å². The monoisotopic (exact) mass is 428 g/mol. The van der Waals surface area contributed by atoms with Crippen molar-refractivity contribution in [2.24, 2.45) is 23.2 Å². The van der Waals surface area contributed by atoms with Crippen LogP contribution >= 0.6 is 0 Å². The number of nitrogens with zero attached hydrogens (tertiary/aromatic N) is 3. The molecule has 0 atom stereocenters. The molecule has 3 aromatic rings. The number of benzene rings is 1. The van der Waals surface area contributed by atoms with E-state index in [1.165, 1.54) is 38.5 Å². The summed E-state index contributed by atoms with van der Waals surface area (Å²) < 4.78 is 1.80. The minimum atomic E-state index is 0.127. The summed E-state index contributed by atoms with van der Waals surface area (Å²) in [5.74, 6) is 4.17. The Morgan fingerprint density at radius 3 is 2.41 bits per heavy atom. The third-order valence-electron chi connectivity index (χ3n) is 8.25. The Morgan fingerprint density at radius 1 is 1.03 bits per heavy atom. The van der Waals surface area contributed by atoms with E-state index >= 15 is 0 Å². The van der Waals surface area contributed by atoms with Gasteiger partial charge < -0.3 is 5.32 Å². The molecular formula is C27H32N4O. The molecule has 1 amide bonds. The predicted molar refractivity (Wildman–Crippen MR) is 127 cm³/mol. The van der Waals surface area contributed by atoms with Gasteiger partial charge in [0.25, 0.3) is 0 Å². The van der Waals surface area contributed by atoms with E-state index in [-0.39, 0.29) is 11.3 Å². The fourth-order valence-corrected chi connectivity index (χ4v) is 7.45. The SMILES string of the molecule is Cc1cc(NC(=O)CC23CC4CC(CC(C4)C2)C3)n(-c2cc(C)c3cccc(C)c3n2)n1. The van der Waals surface area contributed by atoms with Gasteiger partial charge >= 0.3 is 0 Å². The van der Waals surface area contributed by atoms with Crippen LogP contribution in [0.25, 0.3) is 16.7 Å². The summed E-state index contributed by atoms with van der Waals surface area (Å²) in [5.41, 5.74) is 4.39. The maximum atomic E-state index is 13.3. The molecule has 4 fully saturated rings. The Bertz CT molecular complexity index is 1190. The van der Waals surface area contributed by atoms with Gasteiger partial charge in [-0.3, -0.25) is 4.79 Å². The Hall–Kier alpha value is -2.69. The van der Waals surface area contributed by atoms with Crippen molar-refractivity contribution in [3.63, 3.8) is 0 Å². The summed E-state index contributed by atoms with van der Waals surface area (Å²) in [6.45, 7) is 6.15. The fourth-order valence-electron chi connectivity index (χ4n) is 7.45. The second-order valence-corrected chi connectivity index (χ2v) is 11.0. The Kier molecular flexibility index (Phi) is 4.46. The van der Waals surface area contributed by atoms with Gasteiger partial charge in [0.15, 0.2) is 5.82 Å². The van der Waals surface area contributed by atoms with Gasteiger partial charge in [-0.15, -0.1) is 0 Å². The van der Waals surface area contributed by atoms with E-state index in [2.05, 4.69) is 48.5 Å². The van der Waals surface area contributed by atoms with Crippen molar-refractivity contribution >= 4 is 22.6 Å². The van der Waals surface area contributed by atoms with Gasteiger partial charge in [0.05, 0.1) is 11.2 Å². The van der Waals surface area contributed by atoms with Crippen LogP contribution in [0.15, 0.2) is 30.3 Å². The zero-order valence-electron chi connectivity index (χ0n) is 19.3.